The van der Waals surface area contributed by atoms with Crippen molar-refractivity contribution < 1.29 is 14.6 Å². The molecule has 2 fully saturated rings. The third-order valence-electron chi connectivity index (χ3n) is 8.17. The number of hydrogen-bond acceptors (Lipinski definition) is 4. The van der Waals surface area contributed by atoms with Gasteiger partial charge in [0.05, 0.1) is 17.2 Å². The molecule has 3 aliphatic rings. The van der Waals surface area contributed by atoms with Gasteiger partial charge in [-0.05, 0) is 65.3 Å². The number of rotatable bonds is 3. The highest BCUT2D eigenvalue weighted by Gasteiger charge is 2.51. The van der Waals surface area contributed by atoms with Gasteiger partial charge in [0, 0.05) is 30.8 Å². The van der Waals surface area contributed by atoms with Crippen molar-refractivity contribution in [1.29, 1.82) is 5.26 Å². The van der Waals surface area contributed by atoms with E-state index in [0.29, 0.717) is 25.0 Å². The van der Waals surface area contributed by atoms with Crippen LogP contribution in [0.3, 0.4) is 0 Å². The molecule has 2 aliphatic heterocycles. The Morgan fingerprint density at radius 2 is 1.63 bits per heavy atom. The highest BCUT2D eigenvalue weighted by Crippen LogP contribution is 2.48. The molecule has 3 aromatic rings. The van der Waals surface area contributed by atoms with Crippen LogP contribution in [0.1, 0.15) is 59.4 Å². The third kappa shape index (κ3) is 3.52. The molecule has 5 heteroatoms. The van der Waals surface area contributed by atoms with Crippen molar-refractivity contribution in [3.63, 3.8) is 0 Å². The zero-order valence-electron chi connectivity index (χ0n) is 19.8. The maximum absolute atomic E-state index is 13.3. The second kappa shape index (κ2) is 8.25. The Kier molecular flexibility index (Phi) is 5.16. The van der Waals surface area contributed by atoms with Crippen LogP contribution in [0.15, 0.2) is 66.7 Å². The molecule has 2 bridgehead atoms. The molecule has 0 aromatic heterocycles. The molecule has 2 saturated heterocycles. The van der Waals surface area contributed by atoms with E-state index < -0.39 is 5.60 Å². The van der Waals surface area contributed by atoms with Gasteiger partial charge >= 0.3 is 6.09 Å². The van der Waals surface area contributed by atoms with Crippen LogP contribution in [0.25, 0.3) is 11.1 Å². The van der Waals surface area contributed by atoms with E-state index in [1.165, 1.54) is 22.3 Å². The largest absolute Gasteiger partial charge is 0.448 e. The summed E-state index contributed by atoms with van der Waals surface area (Å²) in [6.45, 7) is 2.25. The number of aliphatic hydroxyl groups is 1. The van der Waals surface area contributed by atoms with Crippen molar-refractivity contribution in [2.24, 2.45) is 0 Å². The van der Waals surface area contributed by atoms with Gasteiger partial charge < -0.3 is 14.7 Å². The van der Waals surface area contributed by atoms with Crippen LogP contribution in [-0.4, -0.2) is 34.8 Å². The fourth-order valence-corrected chi connectivity index (χ4v) is 6.67. The lowest BCUT2D eigenvalue weighted by atomic mass is 9.78. The summed E-state index contributed by atoms with van der Waals surface area (Å²) in [6, 6.07) is 24.2. The van der Waals surface area contributed by atoms with E-state index in [1.807, 2.05) is 48.2 Å². The number of fused-ring (bicyclic) bond motifs is 5. The minimum Gasteiger partial charge on any atom is -0.448 e. The van der Waals surface area contributed by atoms with Crippen molar-refractivity contribution in [3.8, 4) is 17.2 Å². The Morgan fingerprint density at radius 3 is 2.20 bits per heavy atom. The smallest absolute Gasteiger partial charge is 0.410 e. The predicted molar refractivity (Wildman–Crippen MR) is 133 cm³/mol. The number of piperidine rings is 1. The van der Waals surface area contributed by atoms with Gasteiger partial charge in [0.1, 0.15) is 6.61 Å². The average Bonchev–Trinajstić information content (AvgIpc) is 3.34. The van der Waals surface area contributed by atoms with Crippen molar-refractivity contribution in [3.05, 3.63) is 94.5 Å². The molecule has 0 spiro atoms. The highest BCUT2D eigenvalue weighted by molar-refractivity contribution is 5.79. The summed E-state index contributed by atoms with van der Waals surface area (Å²) in [5.41, 5.74) is 6.21. The molecule has 6 rings (SSSR count). The molecule has 176 valence electrons. The Morgan fingerprint density at radius 1 is 1.03 bits per heavy atom. The Bertz CT molecular complexity index is 1300. The number of carbonyl (C=O) groups excluding carboxylic acids is 1. The first-order valence-electron chi connectivity index (χ1n) is 12.4. The molecule has 1 aliphatic carbocycles. The second-order valence-electron chi connectivity index (χ2n) is 10.2. The van der Waals surface area contributed by atoms with Crippen molar-refractivity contribution >= 4 is 6.09 Å². The van der Waals surface area contributed by atoms with Gasteiger partial charge in [0.25, 0.3) is 0 Å². The minimum atomic E-state index is -0.996. The fourth-order valence-electron chi connectivity index (χ4n) is 6.67. The molecule has 0 radical (unpaired) electrons. The number of carbonyl (C=O) groups is 1. The molecule has 3 aromatic carbocycles. The van der Waals surface area contributed by atoms with Gasteiger partial charge in [-0.2, -0.15) is 5.26 Å². The lowest BCUT2D eigenvalue weighted by Crippen LogP contribution is -2.52. The van der Waals surface area contributed by atoms with Crippen LogP contribution in [0.2, 0.25) is 0 Å². The van der Waals surface area contributed by atoms with Gasteiger partial charge in [0.15, 0.2) is 0 Å². The first-order valence-corrected chi connectivity index (χ1v) is 12.4. The van der Waals surface area contributed by atoms with E-state index in [9.17, 15) is 15.2 Å². The van der Waals surface area contributed by atoms with E-state index in [1.54, 1.807) is 6.07 Å². The number of nitrogens with zero attached hydrogens (tertiary/aromatic N) is 2. The number of hydrogen-bond donors (Lipinski definition) is 1. The summed E-state index contributed by atoms with van der Waals surface area (Å²) in [6.07, 6.45) is 2.43. The first kappa shape index (κ1) is 21.9. The molecule has 2 atom stereocenters. The zero-order chi connectivity index (χ0) is 24.2. The number of amides is 1. The van der Waals surface area contributed by atoms with E-state index in [0.717, 1.165) is 24.0 Å². The highest BCUT2D eigenvalue weighted by atomic mass is 16.6. The molecule has 5 nitrogen and oxygen atoms in total. The zero-order valence-corrected chi connectivity index (χ0v) is 19.8. The summed E-state index contributed by atoms with van der Waals surface area (Å²) >= 11 is 0. The SMILES string of the molecule is Cc1cc(C#N)ccc1C1(O)CC2CCC(C1)N2C(=O)OCC1c2ccccc2-c2ccccc21. The molecule has 2 unspecified atom stereocenters. The van der Waals surface area contributed by atoms with Crippen molar-refractivity contribution in [1.82, 2.24) is 4.90 Å². The van der Waals surface area contributed by atoms with Gasteiger partial charge in [-0.3, -0.25) is 0 Å². The van der Waals surface area contributed by atoms with Crippen LogP contribution in [0.5, 0.6) is 0 Å². The second-order valence-corrected chi connectivity index (χ2v) is 10.2. The van der Waals surface area contributed by atoms with E-state index in [2.05, 4.69) is 30.3 Å². The van der Waals surface area contributed by atoms with E-state index in [-0.39, 0.29) is 24.1 Å². The van der Waals surface area contributed by atoms with Crippen molar-refractivity contribution in [2.45, 2.75) is 56.2 Å². The standard InChI is InChI=1S/C30H28N2O3/c1-19-14-20(17-31)10-13-28(19)30(34)15-21-11-12-22(16-30)32(21)29(33)35-18-27-25-8-4-2-6-23(25)24-7-3-5-9-26(24)27/h2-10,13-14,21-22,27,34H,11-12,15-16,18H2,1H3. The summed E-state index contributed by atoms with van der Waals surface area (Å²) < 4.78 is 5.96. The number of benzene rings is 3. The van der Waals surface area contributed by atoms with Gasteiger partial charge in [0.2, 0.25) is 0 Å². The summed E-state index contributed by atoms with van der Waals surface area (Å²) in [7, 11) is 0. The molecule has 0 saturated carbocycles. The first-order chi connectivity index (χ1) is 17.0. The lowest BCUT2D eigenvalue weighted by molar-refractivity contribution is -0.0534. The summed E-state index contributed by atoms with van der Waals surface area (Å²) in [5.74, 6) is 0.0343. The predicted octanol–water partition coefficient (Wildman–Crippen LogP) is 5.63. The molecule has 1 amide bonds. The average molecular weight is 465 g/mol. The topological polar surface area (TPSA) is 73.6 Å². The number of nitriles is 1. The van der Waals surface area contributed by atoms with Gasteiger partial charge in [-0.1, -0.05) is 54.6 Å². The lowest BCUT2D eigenvalue weighted by Gasteiger charge is -2.44. The quantitative estimate of drug-likeness (QED) is 0.545. The van der Waals surface area contributed by atoms with E-state index >= 15 is 0 Å². The molecular formula is C30H28N2O3. The van der Waals surface area contributed by atoms with Crippen LogP contribution in [0.4, 0.5) is 4.79 Å². The Hall–Kier alpha value is -3.62. The van der Waals surface area contributed by atoms with Gasteiger partial charge in [-0.15, -0.1) is 0 Å². The van der Waals surface area contributed by atoms with Crippen LogP contribution >= 0.6 is 0 Å². The molecule has 1 N–H and O–H groups in total. The maximum Gasteiger partial charge on any atom is 0.410 e. The molecule has 2 heterocycles. The van der Waals surface area contributed by atoms with Crippen LogP contribution in [0, 0.1) is 18.3 Å². The van der Waals surface area contributed by atoms with Crippen LogP contribution in [-0.2, 0) is 10.3 Å². The summed E-state index contributed by atoms with van der Waals surface area (Å²) in [4.78, 5) is 15.2. The molecular weight excluding hydrogens is 436 g/mol. The van der Waals surface area contributed by atoms with Crippen LogP contribution < -0.4 is 0 Å². The summed E-state index contributed by atoms with van der Waals surface area (Å²) in [5, 5.41) is 20.8. The fraction of sp³-hybridized carbons (Fsp3) is 0.333. The molecule has 35 heavy (non-hydrogen) atoms. The van der Waals surface area contributed by atoms with Gasteiger partial charge in [-0.25, -0.2) is 4.79 Å². The number of aryl methyl sites for hydroxylation is 1. The Balaban J connectivity index is 1.19. The third-order valence-corrected chi connectivity index (χ3v) is 8.17. The maximum atomic E-state index is 13.3. The normalized spacial score (nSPS) is 24.5. The number of ether oxygens (including phenoxy) is 1. The van der Waals surface area contributed by atoms with E-state index in [4.69, 9.17) is 4.74 Å². The van der Waals surface area contributed by atoms with Crippen molar-refractivity contribution in [2.75, 3.05) is 6.61 Å². The minimum absolute atomic E-state index is 0.0343. The Labute approximate surface area is 205 Å². The monoisotopic (exact) mass is 464 g/mol.